The van der Waals surface area contributed by atoms with Crippen molar-refractivity contribution in [3.8, 4) is 17.1 Å². The summed E-state index contributed by atoms with van der Waals surface area (Å²) >= 11 is 2.29. The molecule has 4 nitrogen and oxygen atoms in total. The van der Waals surface area contributed by atoms with E-state index >= 15 is 0 Å². The van der Waals surface area contributed by atoms with Gasteiger partial charge in [-0.2, -0.15) is 0 Å². The number of rotatable bonds is 5. The molecule has 1 N–H and O–H groups in total. The van der Waals surface area contributed by atoms with Crippen LogP contribution in [-0.4, -0.2) is 23.6 Å². The number of hydrogen-bond donors (Lipinski definition) is 1. The van der Waals surface area contributed by atoms with Crippen molar-refractivity contribution in [1.29, 1.82) is 0 Å². The minimum absolute atomic E-state index is 0.670. The average Bonchev–Trinajstić information content (AvgIpc) is 2.49. The number of hydrogen-bond acceptors (Lipinski definition) is 4. The first kappa shape index (κ1) is 15.0. The maximum Gasteiger partial charge on any atom is 0.161 e. The number of ether oxygens (including phenoxy) is 1. The molecule has 0 atom stereocenters. The quantitative estimate of drug-likeness (QED) is 0.799. The Morgan fingerprint density at radius 1 is 1.15 bits per heavy atom. The monoisotopic (exact) mass is 383 g/mol. The molecule has 2 aromatic rings. The van der Waals surface area contributed by atoms with Crippen LogP contribution in [0.2, 0.25) is 0 Å². The van der Waals surface area contributed by atoms with Gasteiger partial charge in [0, 0.05) is 12.6 Å². The molecule has 0 amide bonds. The van der Waals surface area contributed by atoms with Gasteiger partial charge >= 0.3 is 0 Å². The summed E-state index contributed by atoms with van der Waals surface area (Å²) in [4.78, 5) is 9.22. The lowest BCUT2D eigenvalue weighted by molar-refractivity contribution is 0.340. The third-order valence-corrected chi connectivity index (χ3v) is 4.05. The first-order valence-corrected chi connectivity index (χ1v) is 7.74. The molecule has 1 heterocycles. The van der Waals surface area contributed by atoms with Crippen LogP contribution >= 0.6 is 22.6 Å². The molecule has 20 heavy (non-hydrogen) atoms. The number of aromatic nitrogens is 2. The average molecular weight is 383 g/mol. The van der Waals surface area contributed by atoms with Crippen molar-refractivity contribution in [1.82, 2.24) is 9.97 Å². The lowest BCUT2D eigenvalue weighted by Crippen LogP contribution is -2.04. The molecular formula is C15H18IN3O. The molecule has 0 aliphatic rings. The van der Waals surface area contributed by atoms with Crippen molar-refractivity contribution in [2.75, 3.05) is 19.0 Å². The van der Waals surface area contributed by atoms with Crippen molar-refractivity contribution in [2.45, 2.75) is 20.3 Å². The van der Waals surface area contributed by atoms with Crippen LogP contribution in [0.5, 0.6) is 5.75 Å². The van der Waals surface area contributed by atoms with Crippen molar-refractivity contribution < 1.29 is 4.74 Å². The number of halogens is 1. The van der Waals surface area contributed by atoms with Crippen LogP contribution in [0.1, 0.15) is 19.5 Å². The zero-order valence-corrected chi connectivity index (χ0v) is 14.1. The van der Waals surface area contributed by atoms with E-state index in [2.05, 4.69) is 44.8 Å². The normalized spacial score (nSPS) is 10.4. The molecule has 0 aliphatic heterocycles. The van der Waals surface area contributed by atoms with Gasteiger partial charge in [-0.25, -0.2) is 9.97 Å². The Hall–Kier alpha value is -1.37. The minimum atomic E-state index is 0.670. The molecule has 0 unspecified atom stereocenters. The van der Waals surface area contributed by atoms with Crippen LogP contribution in [0, 0.1) is 3.57 Å². The molecule has 106 valence electrons. The highest BCUT2D eigenvalue weighted by Gasteiger charge is 2.11. The Kier molecular flexibility index (Phi) is 5.17. The molecule has 1 aromatic heterocycles. The van der Waals surface area contributed by atoms with E-state index in [9.17, 15) is 0 Å². The van der Waals surface area contributed by atoms with Crippen molar-refractivity contribution >= 4 is 28.4 Å². The molecule has 5 heteroatoms. The van der Waals surface area contributed by atoms with Gasteiger partial charge in [-0.3, -0.25) is 0 Å². The van der Waals surface area contributed by atoms with E-state index in [-0.39, 0.29) is 0 Å². The summed E-state index contributed by atoms with van der Waals surface area (Å²) in [7, 11) is 1.88. The second-order valence-corrected chi connectivity index (χ2v) is 5.30. The molecular weight excluding hydrogens is 365 g/mol. The Morgan fingerprint density at radius 3 is 2.40 bits per heavy atom. The summed E-state index contributed by atoms with van der Waals surface area (Å²) < 4.78 is 6.54. The first-order valence-electron chi connectivity index (χ1n) is 6.67. The van der Waals surface area contributed by atoms with Gasteiger partial charge in [0.25, 0.3) is 0 Å². The number of nitrogens with one attached hydrogen (secondary N) is 1. The highest BCUT2D eigenvalue weighted by molar-refractivity contribution is 14.1. The Bertz CT molecular complexity index is 559. The van der Waals surface area contributed by atoms with E-state index in [1.807, 2.05) is 38.2 Å². The lowest BCUT2D eigenvalue weighted by atomic mass is 10.2. The van der Waals surface area contributed by atoms with Crippen LogP contribution < -0.4 is 10.1 Å². The van der Waals surface area contributed by atoms with Crippen LogP contribution in [0.4, 0.5) is 5.82 Å². The van der Waals surface area contributed by atoms with Crippen LogP contribution in [0.25, 0.3) is 11.4 Å². The van der Waals surface area contributed by atoms with Gasteiger partial charge in [0.15, 0.2) is 5.82 Å². The maximum atomic E-state index is 5.45. The van der Waals surface area contributed by atoms with E-state index in [1.54, 1.807) is 0 Å². The Morgan fingerprint density at radius 2 is 1.85 bits per heavy atom. The van der Waals surface area contributed by atoms with Gasteiger partial charge in [0.2, 0.25) is 0 Å². The number of anilines is 1. The fraction of sp³-hybridized carbons (Fsp3) is 0.333. The number of benzene rings is 1. The Balaban J connectivity index is 2.41. The van der Waals surface area contributed by atoms with E-state index in [0.717, 1.165) is 38.6 Å². The first-order chi connectivity index (χ1) is 9.69. The number of aryl methyl sites for hydroxylation is 1. The summed E-state index contributed by atoms with van der Waals surface area (Å²) in [5.74, 6) is 2.49. The van der Waals surface area contributed by atoms with Crippen LogP contribution in [0.3, 0.4) is 0 Å². The highest BCUT2D eigenvalue weighted by atomic mass is 127. The lowest BCUT2D eigenvalue weighted by Gasteiger charge is -2.10. The summed E-state index contributed by atoms with van der Waals surface area (Å²) in [6.45, 7) is 4.75. The molecule has 0 bridgehead atoms. The fourth-order valence-electron chi connectivity index (χ4n) is 1.89. The molecule has 0 spiro atoms. The smallest absolute Gasteiger partial charge is 0.161 e. The van der Waals surface area contributed by atoms with Gasteiger partial charge in [-0.1, -0.05) is 6.92 Å². The second-order valence-electron chi connectivity index (χ2n) is 4.22. The van der Waals surface area contributed by atoms with Gasteiger partial charge in [-0.05, 0) is 60.2 Å². The predicted octanol–water partition coefficient (Wildman–Crippen LogP) is 3.75. The molecule has 0 fully saturated rings. The van der Waals surface area contributed by atoms with Gasteiger partial charge < -0.3 is 10.1 Å². The predicted molar refractivity (Wildman–Crippen MR) is 90.3 cm³/mol. The molecule has 1 aromatic carbocycles. The van der Waals surface area contributed by atoms with Gasteiger partial charge in [-0.15, -0.1) is 0 Å². The topological polar surface area (TPSA) is 47.0 Å². The molecule has 0 saturated heterocycles. The van der Waals surface area contributed by atoms with Crippen molar-refractivity contribution in [3.63, 3.8) is 0 Å². The SMILES string of the molecule is CCOc1ccc(-c2nc(CC)c(I)c(NC)n2)cc1. The molecule has 0 aliphatic carbocycles. The summed E-state index contributed by atoms with van der Waals surface area (Å²) in [5, 5.41) is 3.13. The minimum Gasteiger partial charge on any atom is -0.494 e. The maximum absolute atomic E-state index is 5.45. The third kappa shape index (κ3) is 3.20. The van der Waals surface area contributed by atoms with Crippen molar-refractivity contribution in [2.24, 2.45) is 0 Å². The van der Waals surface area contributed by atoms with E-state index in [4.69, 9.17) is 4.74 Å². The second kappa shape index (κ2) is 6.88. The third-order valence-electron chi connectivity index (χ3n) is 2.92. The molecule has 2 rings (SSSR count). The van der Waals surface area contributed by atoms with Crippen LogP contribution in [-0.2, 0) is 6.42 Å². The Labute approximate surface area is 133 Å². The summed E-state index contributed by atoms with van der Waals surface area (Å²) in [5.41, 5.74) is 2.06. The van der Waals surface area contributed by atoms with Crippen molar-refractivity contribution in [3.05, 3.63) is 33.5 Å². The molecule has 0 saturated carbocycles. The number of nitrogens with zero attached hydrogens (tertiary/aromatic N) is 2. The standard InChI is InChI=1S/C15H18IN3O/c1-4-12-13(16)15(17-3)19-14(18-12)10-6-8-11(9-7-10)20-5-2/h6-9H,4-5H2,1-3H3,(H,17,18,19). The summed E-state index contributed by atoms with van der Waals surface area (Å²) in [6.07, 6.45) is 0.888. The van der Waals surface area contributed by atoms with E-state index in [0.29, 0.717) is 6.61 Å². The summed E-state index contributed by atoms with van der Waals surface area (Å²) in [6, 6.07) is 7.88. The highest BCUT2D eigenvalue weighted by Crippen LogP contribution is 2.25. The zero-order chi connectivity index (χ0) is 14.5. The fourth-order valence-corrected chi connectivity index (χ4v) is 2.78. The van der Waals surface area contributed by atoms with Crippen LogP contribution in [0.15, 0.2) is 24.3 Å². The van der Waals surface area contributed by atoms with Gasteiger partial charge in [0.1, 0.15) is 11.6 Å². The van der Waals surface area contributed by atoms with Gasteiger partial charge in [0.05, 0.1) is 15.9 Å². The van der Waals surface area contributed by atoms with E-state index in [1.165, 1.54) is 0 Å². The van der Waals surface area contributed by atoms with E-state index < -0.39 is 0 Å². The zero-order valence-electron chi connectivity index (χ0n) is 11.9. The largest absolute Gasteiger partial charge is 0.494 e. The molecule has 0 radical (unpaired) electrons.